The number of oxazole rings is 1. The van der Waals surface area contributed by atoms with Crippen molar-refractivity contribution in [1.29, 1.82) is 0 Å². The van der Waals surface area contributed by atoms with Crippen LogP contribution in [-0.4, -0.2) is 4.98 Å². The highest BCUT2D eigenvalue weighted by Gasteiger charge is 2.18. The summed E-state index contributed by atoms with van der Waals surface area (Å²) >= 11 is 0. The van der Waals surface area contributed by atoms with E-state index in [1.54, 1.807) is 0 Å². The Balaban J connectivity index is 1.23. The van der Waals surface area contributed by atoms with Gasteiger partial charge in [-0.1, -0.05) is 84.9 Å². The molecule has 0 saturated carbocycles. The van der Waals surface area contributed by atoms with E-state index in [1.807, 2.05) is 54.6 Å². The fourth-order valence-electron chi connectivity index (χ4n) is 6.31. The third-order valence-corrected chi connectivity index (χ3v) is 8.47. The molecule has 0 aliphatic rings. The van der Waals surface area contributed by atoms with Crippen molar-refractivity contribution in [3.8, 4) is 22.6 Å². The molecule has 45 heavy (non-hydrogen) atoms. The summed E-state index contributed by atoms with van der Waals surface area (Å²) in [7, 11) is 0. The summed E-state index contributed by atoms with van der Waals surface area (Å²) in [6.45, 7) is 0. The molecular formula is C41H26N2O2. The van der Waals surface area contributed by atoms with Crippen LogP contribution in [0.5, 0.6) is 0 Å². The van der Waals surface area contributed by atoms with E-state index < -0.39 is 0 Å². The van der Waals surface area contributed by atoms with Gasteiger partial charge in [0.25, 0.3) is 0 Å². The van der Waals surface area contributed by atoms with Crippen LogP contribution < -0.4 is 4.90 Å². The predicted molar refractivity (Wildman–Crippen MR) is 184 cm³/mol. The minimum absolute atomic E-state index is 0.627. The zero-order chi connectivity index (χ0) is 29.7. The number of aromatic nitrogens is 1. The van der Waals surface area contributed by atoms with E-state index in [9.17, 15) is 0 Å². The molecule has 212 valence electrons. The quantitative estimate of drug-likeness (QED) is 0.204. The SMILES string of the molecule is c1ccc(-c2cccc(N(c3ccc4c(ccc5oc(-c6ccccc6)nc54)c3)c3ccc4oc5ccccc5c4c3)c2)cc1. The molecule has 7 aromatic carbocycles. The first kappa shape index (κ1) is 25.4. The van der Waals surface area contributed by atoms with Crippen LogP contribution in [-0.2, 0) is 0 Å². The second kappa shape index (κ2) is 10.2. The number of benzene rings is 7. The normalized spacial score (nSPS) is 11.6. The minimum Gasteiger partial charge on any atom is -0.456 e. The van der Waals surface area contributed by atoms with Crippen molar-refractivity contribution in [3.63, 3.8) is 0 Å². The van der Waals surface area contributed by atoms with E-state index in [0.29, 0.717) is 5.89 Å². The summed E-state index contributed by atoms with van der Waals surface area (Å²) in [6.07, 6.45) is 0. The number of furan rings is 1. The number of anilines is 3. The highest BCUT2D eigenvalue weighted by molar-refractivity contribution is 6.08. The van der Waals surface area contributed by atoms with Crippen molar-refractivity contribution in [1.82, 2.24) is 4.98 Å². The number of para-hydroxylation sites is 1. The van der Waals surface area contributed by atoms with Crippen LogP contribution in [0.2, 0.25) is 0 Å². The van der Waals surface area contributed by atoms with Crippen LogP contribution in [0.25, 0.3) is 66.4 Å². The molecule has 2 heterocycles. The lowest BCUT2D eigenvalue weighted by Gasteiger charge is -2.26. The smallest absolute Gasteiger partial charge is 0.227 e. The van der Waals surface area contributed by atoms with Crippen LogP contribution >= 0.6 is 0 Å². The molecule has 0 N–H and O–H groups in total. The maximum atomic E-state index is 6.17. The Bertz CT molecular complexity index is 2490. The maximum Gasteiger partial charge on any atom is 0.227 e. The highest BCUT2D eigenvalue weighted by atomic mass is 16.3. The van der Waals surface area contributed by atoms with E-state index in [4.69, 9.17) is 13.8 Å². The van der Waals surface area contributed by atoms with Gasteiger partial charge in [-0.05, 0) is 89.3 Å². The first-order valence-corrected chi connectivity index (χ1v) is 15.0. The zero-order valence-electron chi connectivity index (χ0n) is 24.2. The second-order valence-corrected chi connectivity index (χ2v) is 11.2. The third-order valence-electron chi connectivity index (χ3n) is 8.47. The Hall–Kier alpha value is -6.13. The first-order valence-electron chi connectivity index (χ1n) is 15.0. The van der Waals surface area contributed by atoms with Crippen molar-refractivity contribution in [3.05, 3.63) is 158 Å². The van der Waals surface area contributed by atoms with Crippen molar-refractivity contribution in [2.24, 2.45) is 0 Å². The maximum absolute atomic E-state index is 6.17. The molecule has 9 rings (SSSR count). The number of hydrogen-bond donors (Lipinski definition) is 0. The Morgan fingerprint density at radius 1 is 0.400 bits per heavy atom. The van der Waals surface area contributed by atoms with Crippen LogP contribution in [0, 0.1) is 0 Å². The van der Waals surface area contributed by atoms with Crippen molar-refractivity contribution in [2.45, 2.75) is 0 Å². The lowest BCUT2D eigenvalue weighted by atomic mass is 10.0. The molecule has 0 fully saturated rings. The van der Waals surface area contributed by atoms with Gasteiger partial charge in [-0.2, -0.15) is 0 Å². The molecule has 2 aromatic heterocycles. The Labute approximate surface area is 259 Å². The van der Waals surface area contributed by atoms with Crippen molar-refractivity contribution >= 4 is 60.9 Å². The molecule has 9 aromatic rings. The Morgan fingerprint density at radius 2 is 1.07 bits per heavy atom. The molecule has 0 bridgehead atoms. The van der Waals surface area contributed by atoms with Gasteiger partial charge in [0.2, 0.25) is 5.89 Å². The van der Waals surface area contributed by atoms with Crippen molar-refractivity contribution in [2.75, 3.05) is 4.90 Å². The van der Waals surface area contributed by atoms with E-state index >= 15 is 0 Å². The van der Waals surface area contributed by atoms with E-state index in [-0.39, 0.29) is 0 Å². The first-order chi connectivity index (χ1) is 22.3. The molecule has 0 spiro atoms. The minimum atomic E-state index is 0.627. The summed E-state index contributed by atoms with van der Waals surface area (Å²) in [5, 5.41) is 4.34. The molecule has 4 heteroatoms. The number of rotatable bonds is 5. The summed E-state index contributed by atoms with van der Waals surface area (Å²) in [6, 6.07) is 54.6. The topological polar surface area (TPSA) is 42.4 Å². The third kappa shape index (κ3) is 4.35. The summed E-state index contributed by atoms with van der Waals surface area (Å²) in [5.74, 6) is 0.627. The standard InChI is InChI=1S/C41H26N2O2/c1-3-10-27(11-4-1)29-14-9-15-31(24-29)43(33-20-23-38-36(26-33)35-16-7-8-17-37(35)44-38)32-19-21-34-30(25-32)18-22-39-40(34)42-41(45-39)28-12-5-2-6-13-28/h1-26H. The molecule has 4 nitrogen and oxygen atoms in total. The Morgan fingerprint density at radius 3 is 1.93 bits per heavy atom. The largest absolute Gasteiger partial charge is 0.456 e. The zero-order valence-corrected chi connectivity index (χ0v) is 24.2. The fraction of sp³-hybridized carbons (Fsp3) is 0. The van der Waals surface area contributed by atoms with Crippen molar-refractivity contribution < 1.29 is 8.83 Å². The van der Waals surface area contributed by atoms with E-state index in [1.165, 1.54) is 5.56 Å². The van der Waals surface area contributed by atoms with Crippen LogP contribution in [0.4, 0.5) is 17.1 Å². The van der Waals surface area contributed by atoms with Gasteiger partial charge in [-0.3, -0.25) is 0 Å². The van der Waals surface area contributed by atoms with Crippen LogP contribution in [0.1, 0.15) is 0 Å². The summed E-state index contributed by atoms with van der Waals surface area (Å²) in [5.41, 5.74) is 9.86. The molecule has 0 amide bonds. The van der Waals surface area contributed by atoms with Gasteiger partial charge >= 0.3 is 0 Å². The van der Waals surface area contributed by atoms with Gasteiger partial charge < -0.3 is 13.7 Å². The van der Waals surface area contributed by atoms with Gasteiger partial charge in [-0.25, -0.2) is 4.98 Å². The Kier molecular flexibility index (Phi) is 5.78. The second-order valence-electron chi connectivity index (χ2n) is 11.2. The number of hydrogen-bond acceptors (Lipinski definition) is 4. The number of nitrogens with zero attached hydrogens (tertiary/aromatic N) is 2. The lowest BCUT2D eigenvalue weighted by Crippen LogP contribution is -2.10. The predicted octanol–water partition coefficient (Wildman–Crippen LogP) is 11.7. The van der Waals surface area contributed by atoms with E-state index in [0.717, 1.165) is 72.0 Å². The monoisotopic (exact) mass is 578 g/mol. The molecule has 0 aliphatic carbocycles. The molecule has 0 radical (unpaired) electrons. The average molecular weight is 579 g/mol. The van der Waals surface area contributed by atoms with Gasteiger partial charge in [0.1, 0.15) is 16.7 Å². The van der Waals surface area contributed by atoms with Crippen LogP contribution in [0.3, 0.4) is 0 Å². The van der Waals surface area contributed by atoms with E-state index in [2.05, 4.69) is 108 Å². The van der Waals surface area contributed by atoms with Gasteiger partial charge in [0.05, 0.1) is 0 Å². The summed E-state index contributed by atoms with van der Waals surface area (Å²) < 4.78 is 12.3. The van der Waals surface area contributed by atoms with Gasteiger partial charge in [0.15, 0.2) is 5.58 Å². The molecular weight excluding hydrogens is 552 g/mol. The molecule has 0 unspecified atom stereocenters. The molecule has 0 aliphatic heterocycles. The highest BCUT2D eigenvalue weighted by Crippen LogP contribution is 2.41. The summed E-state index contributed by atoms with van der Waals surface area (Å²) in [4.78, 5) is 7.23. The fourth-order valence-corrected chi connectivity index (χ4v) is 6.31. The van der Waals surface area contributed by atoms with Gasteiger partial charge in [0, 0.05) is 38.8 Å². The average Bonchev–Trinajstić information content (AvgIpc) is 3.71. The lowest BCUT2D eigenvalue weighted by molar-refractivity contribution is 0.620. The molecule has 0 saturated heterocycles. The molecule has 0 atom stereocenters. The number of fused-ring (bicyclic) bond motifs is 6. The van der Waals surface area contributed by atoms with Crippen LogP contribution in [0.15, 0.2) is 167 Å². The van der Waals surface area contributed by atoms with Gasteiger partial charge in [-0.15, -0.1) is 0 Å².